The Labute approximate surface area is 114 Å². The van der Waals surface area contributed by atoms with E-state index in [9.17, 15) is 9.59 Å². The van der Waals surface area contributed by atoms with Gasteiger partial charge in [0.1, 0.15) is 10.8 Å². The Balaban J connectivity index is 2.43. The SMILES string of the molecule is CNC(=O)CNC(=O)COc1cccc(Cl)c1Cl. The summed E-state index contributed by atoms with van der Waals surface area (Å²) in [6.45, 7) is -0.334. The van der Waals surface area contributed by atoms with Crippen LogP contribution in [0.5, 0.6) is 5.75 Å². The highest BCUT2D eigenvalue weighted by molar-refractivity contribution is 6.42. The van der Waals surface area contributed by atoms with Crippen molar-refractivity contribution in [1.82, 2.24) is 10.6 Å². The molecule has 1 aromatic carbocycles. The molecule has 18 heavy (non-hydrogen) atoms. The lowest BCUT2D eigenvalue weighted by Gasteiger charge is -2.08. The number of carbonyl (C=O) groups excluding carboxylic acids is 2. The Kier molecular flexibility index (Phi) is 5.74. The molecule has 2 amide bonds. The van der Waals surface area contributed by atoms with E-state index in [1.807, 2.05) is 0 Å². The van der Waals surface area contributed by atoms with Crippen molar-refractivity contribution in [3.8, 4) is 5.75 Å². The van der Waals surface area contributed by atoms with Crippen molar-refractivity contribution in [2.75, 3.05) is 20.2 Å². The number of likely N-dealkylation sites (N-methyl/N-ethyl adjacent to an activating group) is 1. The predicted octanol–water partition coefficient (Wildman–Crippen LogP) is 1.23. The number of rotatable bonds is 5. The van der Waals surface area contributed by atoms with Gasteiger partial charge in [-0.25, -0.2) is 0 Å². The molecule has 1 rings (SSSR count). The van der Waals surface area contributed by atoms with Crippen molar-refractivity contribution in [2.24, 2.45) is 0 Å². The average Bonchev–Trinajstić information content (AvgIpc) is 2.37. The molecule has 0 atom stereocenters. The third-order valence-electron chi connectivity index (χ3n) is 2.00. The number of amides is 2. The highest BCUT2D eigenvalue weighted by atomic mass is 35.5. The lowest BCUT2D eigenvalue weighted by molar-refractivity contribution is -0.127. The number of carbonyl (C=O) groups is 2. The molecule has 0 aromatic heterocycles. The molecule has 2 N–H and O–H groups in total. The molecular weight excluding hydrogens is 279 g/mol. The molecule has 98 valence electrons. The van der Waals surface area contributed by atoms with Crippen LogP contribution in [0.3, 0.4) is 0 Å². The molecular formula is C11H12Cl2N2O3. The van der Waals surface area contributed by atoms with Gasteiger partial charge in [0.2, 0.25) is 5.91 Å². The van der Waals surface area contributed by atoms with Gasteiger partial charge >= 0.3 is 0 Å². The van der Waals surface area contributed by atoms with Crippen molar-refractivity contribution in [2.45, 2.75) is 0 Å². The minimum atomic E-state index is -0.422. The third-order valence-corrected chi connectivity index (χ3v) is 2.80. The minimum absolute atomic E-state index is 0.0953. The normalized spacial score (nSPS) is 9.72. The van der Waals surface area contributed by atoms with Gasteiger partial charge in [0.25, 0.3) is 5.91 Å². The summed E-state index contributed by atoms with van der Waals surface area (Å²) in [6.07, 6.45) is 0. The van der Waals surface area contributed by atoms with E-state index in [-0.39, 0.29) is 24.1 Å². The molecule has 0 aliphatic heterocycles. The van der Waals surface area contributed by atoms with Gasteiger partial charge in [0.05, 0.1) is 11.6 Å². The first-order chi connectivity index (χ1) is 8.54. The second-order valence-electron chi connectivity index (χ2n) is 3.29. The predicted molar refractivity (Wildman–Crippen MR) is 69.0 cm³/mol. The molecule has 0 heterocycles. The van der Waals surface area contributed by atoms with Crippen molar-refractivity contribution in [3.63, 3.8) is 0 Å². The molecule has 5 nitrogen and oxygen atoms in total. The van der Waals surface area contributed by atoms with Crippen molar-refractivity contribution in [1.29, 1.82) is 0 Å². The van der Waals surface area contributed by atoms with Crippen LogP contribution in [-0.2, 0) is 9.59 Å². The summed E-state index contributed by atoms with van der Waals surface area (Å²) in [4.78, 5) is 22.2. The zero-order valence-corrected chi connectivity index (χ0v) is 11.1. The summed E-state index contributed by atoms with van der Waals surface area (Å²) in [7, 11) is 1.48. The fourth-order valence-electron chi connectivity index (χ4n) is 1.06. The van der Waals surface area contributed by atoms with Crippen LogP contribution < -0.4 is 15.4 Å². The fourth-order valence-corrected chi connectivity index (χ4v) is 1.40. The Morgan fingerprint density at radius 3 is 2.67 bits per heavy atom. The first-order valence-electron chi connectivity index (χ1n) is 5.08. The average molecular weight is 291 g/mol. The monoisotopic (exact) mass is 290 g/mol. The minimum Gasteiger partial charge on any atom is -0.482 e. The molecule has 0 spiro atoms. The molecule has 0 unspecified atom stereocenters. The summed E-state index contributed by atoms with van der Waals surface area (Å²) in [6, 6.07) is 4.87. The van der Waals surface area contributed by atoms with E-state index in [1.54, 1.807) is 18.2 Å². The Bertz CT molecular complexity index is 452. The molecule has 0 aliphatic carbocycles. The number of halogens is 2. The van der Waals surface area contributed by atoms with Crippen LogP contribution in [0.4, 0.5) is 0 Å². The summed E-state index contributed by atoms with van der Waals surface area (Å²) in [5, 5.41) is 5.36. The van der Waals surface area contributed by atoms with Crippen molar-refractivity contribution >= 4 is 35.0 Å². The number of hydrogen-bond donors (Lipinski definition) is 2. The van der Waals surface area contributed by atoms with E-state index >= 15 is 0 Å². The van der Waals surface area contributed by atoms with Gasteiger partial charge in [-0.2, -0.15) is 0 Å². The number of hydrogen-bond acceptors (Lipinski definition) is 3. The van der Waals surface area contributed by atoms with Crippen LogP contribution in [0.1, 0.15) is 0 Å². The summed E-state index contributed by atoms with van der Waals surface area (Å²) in [5.41, 5.74) is 0. The molecule has 0 saturated heterocycles. The molecule has 1 aromatic rings. The maximum Gasteiger partial charge on any atom is 0.258 e. The van der Waals surface area contributed by atoms with E-state index < -0.39 is 5.91 Å². The summed E-state index contributed by atoms with van der Waals surface area (Å²) < 4.78 is 5.19. The molecule has 0 radical (unpaired) electrons. The van der Waals surface area contributed by atoms with Crippen LogP contribution in [0, 0.1) is 0 Å². The van der Waals surface area contributed by atoms with E-state index in [1.165, 1.54) is 7.05 Å². The van der Waals surface area contributed by atoms with Crippen LogP contribution in [0.2, 0.25) is 10.0 Å². The van der Waals surface area contributed by atoms with Crippen molar-refractivity contribution in [3.05, 3.63) is 28.2 Å². The molecule has 7 heteroatoms. The van der Waals surface area contributed by atoms with Crippen molar-refractivity contribution < 1.29 is 14.3 Å². The largest absolute Gasteiger partial charge is 0.482 e. The maximum atomic E-state index is 11.3. The third kappa shape index (κ3) is 4.43. The van der Waals surface area contributed by atoms with Crippen LogP contribution in [0.15, 0.2) is 18.2 Å². The van der Waals surface area contributed by atoms with Gasteiger partial charge in [0, 0.05) is 7.05 Å². The van der Waals surface area contributed by atoms with Gasteiger partial charge in [0.15, 0.2) is 6.61 Å². The van der Waals surface area contributed by atoms with Gasteiger partial charge in [-0.3, -0.25) is 9.59 Å². The van der Waals surface area contributed by atoms with E-state index in [2.05, 4.69) is 10.6 Å². The molecule has 0 bridgehead atoms. The van der Waals surface area contributed by atoms with Gasteiger partial charge in [-0.15, -0.1) is 0 Å². The molecule has 0 fully saturated rings. The number of ether oxygens (including phenoxy) is 1. The topological polar surface area (TPSA) is 67.4 Å². The number of benzene rings is 1. The Hall–Kier alpha value is -1.46. The van der Waals surface area contributed by atoms with E-state index in [4.69, 9.17) is 27.9 Å². The fraction of sp³-hybridized carbons (Fsp3) is 0.273. The van der Waals surface area contributed by atoms with Gasteiger partial charge in [-0.05, 0) is 12.1 Å². The quantitative estimate of drug-likeness (QED) is 0.857. The second-order valence-corrected chi connectivity index (χ2v) is 4.08. The van der Waals surface area contributed by atoms with E-state index in [0.29, 0.717) is 10.8 Å². The highest BCUT2D eigenvalue weighted by Gasteiger charge is 2.08. The molecule has 0 saturated carbocycles. The lowest BCUT2D eigenvalue weighted by Crippen LogP contribution is -2.37. The lowest BCUT2D eigenvalue weighted by atomic mass is 10.3. The zero-order valence-electron chi connectivity index (χ0n) is 9.63. The first kappa shape index (κ1) is 14.6. The Morgan fingerprint density at radius 2 is 2.00 bits per heavy atom. The van der Waals surface area contributed by atoms with Crippen LogP contribution >= 0.6 is 23.2 Å². The maximum absolute atomic E-state index is 11.3. The standard InChI is InChI=1S/C11H12Cl2N2O3/c1-14-9(16)5-15-10(17)6-18-8-4-2-3-7(12)11(8)13/h2-4H,5-6H2,1H3,(H,14,16)(H,15,17). The zero-order chi connectivity index (χ0) is 13.5. The van der Waals surface area contributed by atoms with E-state index in [0.717, 1.165) is 0 Å². The highest BCUT2D eigenvalue weighted by Crippen LogP contribution is 2.31. The van der Waals surface area contributed by atoms with Gasteiger partial charge in [-0.1, -0.05) is 29.3 Å². The molecule has 0 aliphatic rings. The Morgan fingerprint density at radius 1 is 1.28 bits per heavy atom. The first-order valence-corrected chi connectivity index (χ1v) is 5.84. The van der Waals surface area contributed by atoms with Crippen LogP contribution in [0.25, 0.3) is 0 Å². The summed E-state index contributed by atoms with van der Waals surface area (Å²) in [5.74, 6) is -0.391. The van der Waals surface area contributed by atoms with Crippen LogP contribution in [-0.4, -0.2) is 32.0 Å². The second kappa shape index (κ2) is 7.08. The summed E-state index contributed by atoms with van der Waals surface area (Å²) >= 11 is 11.7. The van der Waals surface area contributed by atoms with Gasteiger partial charge < -0.3 is 15.4 Å². The smallest absolute Gasteiger partial charge is 0.258 e. The number of nitrogens with one attached hydrogen (secondary N) is 2.